The fraction of sp³-hybridized carbons (Fsp3) is 0.429. The van der Waals surface area contributed by atoms with E-state index in [1.54, 1.807) is 30.4 Å². The standard InChI is InChI=1S/C28H28N2O11/c1-38-18-9-12(10-19(39-2)22(18)31)5-6-14-13-7-8-15-21(26(35)29(23(15)32)27(36)40-3)16(13)11-17-20(14)25(34)30(24(17)33)28(37)41-4/h5-7,9-10,14-17,20-21,31H,8,11H2,1-4H3/t14-,15-,16+,17+,20-,21-/m0/s1. The molecule has 1 N–H and O–H groups in total. The molecule has 0 bridgehead atoms. The Bertz CT molecular complexity index is 1400. The number of hydrogen-bond donors (Lipinski definition) is 1. The summed E-state index contributed by atoms with van der Waals surface area (Å²) in [4.78, 5) is 78.9. The molecule has 2 aliphatic carbocycles. The molecule has 3 fully saturated rings. The highest BCUT2D eigenvalue weighted by atomic mass is 16.6. The number of carbonyl (C=O) groups excluding carboxylic acids is 6. The number of hydrogen-bond acceptors (Lipinski definition) is 11. The maximum Gasteiger partial charge on any atom is 0.423 e. The number of rotatable bonds is 4. The van der Waals surface area contributed by atoms with Crippen molar-refractivity contribution in [1.82, 2.24) is 9.80 Å². The van der Waals surface area contributed by atoms with Gasteiger partial charge in [0, 0.05) is 5.92 Å². The molecule has 0 radical (unpaired) electrons. The lowest BCUT2D eigenvalue weighted by molar-refractivity contribution is -0.139. The number of benzene rings is 1. The maximum atomic E-state index is 13.5. The predicted octanol–water partition coefficient (Wildman–Crippen LogP) is 2.12. The first-order chi connectivity index (χ1) is 19.6. The van der Waals surface area contributed by atoms with E-state index in [0.29, 0.717) is 20.9 Å². The molecule has 2 saturated heterocycles. The summed E-state index contributed by atoms with van der Waals surface area (Å²) in [5.74, 6) is -7.91. The van der Waals surface area contributed by atoms with Crippen molar-refractivity contribution in [2.45, 2.75) is 12.8 Å². The number of aromatic hydroxyl groups is 1. The van der Waals surface area contributed by atoms with E-state index < -0.39 is 71.3 Å². The zero-order valence-corrected chi connectivity index (χ0v) is 22.7. The molecule has 1 aromatic carbocycles. The molecule has 13 nitrogen and oxygen atoms in total. The zero-order chi connectivity index (χ0) is 29.7. The number of phenols is 1. The molecule has 41 heavy (non-hydrogen) atoms. The summed E-state index contributed by atoms with van der Waals surface area (Å²) >= 11 is 0. The topological polar surface area (TPSA) is 166 Å². The van der Waals surface area contributed by atoms with E-state index in [4.69, 9.17) is 9.47 Å². The van der Waals surface area contributed by atoms with Crippen LogP contribution >= 0.6 is 0 Å². The monoisotopic (exact) mass is 568 g/mol. The summed E-state index contributed by atoms with van der Waals surface area (Å²) in [5.41, 5.74) is 1.19. The molecule has 6 atom stereocenters. The Kier molecular flexibility index (Phi) is 7.05. The minimum Gasteiger partial charge on any atom is -0.502 e. The van der Waals surface area contributed by atoms with E-state index in [9.17, 15) is 33.9 Å². The highest BCUT2D eigenvalue weighted by molar-refractivity contribution is 6.17. The van der Waals surface area contributed by atoms with Crippen molar-refractivity contribution < 1.29 is 52.8 Å². The van der Waals surface area contributed by atoms with Gasteiger partial charge in [0.15, 0.2) is 11.5 Å². The molecular weight excluding hydrogens is 540 g/mol. The average molecular weight is 569 g/mol. The van der Waals surface area contributed by atoms with Crippen LogP contribution in [0.1, 0.15) is 18.4 Å². The van der Waals surface area contributed by atoms with Crippen molar-refractivity contribution in [3.8, 4) is 17.2 Å². The molecule has 2 heterocycles. The molecule has 1 aromatic rings. The molecule has 1 saturated carbocycles. The largest absolute Gasteiger partial charge is 0.502 e. The van der Waals surface area contributed by atoms with Crippen LogP contribution in [0.3, 0.4) is 0 Å². The second-order valence-electron chi connectivity index (χ2n) is 10.2. The van der Waals surface area contributed by atoms with Crippen molar-refractivity contribution in [2.75, 3.05) is 28.4 Å². The number of allylic oxidation sites excluding steroid dienone is 3. The van der Waals surface area contributed by atoms with E-state index in [1.165, 1.54) is 14.2 Å². The maximum absolute atomic E-state index is 13.5. The molecule has 5 rings (SSSR count). The van der Waals surface area contributed by atoms with Crippen LogP contribution < -0.4 is 9.47 Å². The Morgan fingerprint density at radius 3 is 1.88 bits per heavy atom. The number of nitrogens with zero attached hydrogens (tertiary/aromatic N) is 2. The average Bonchev–Trinajstić information content (AvgIpc) is 3.38. The van der Waals surface area contributed by atoms with Crippen molar-refractivity contribution in [3.05, 3.63) is 35.4 Å². The summed E-state index contributed by atoms with van der Waals surface area (Å²) in [5, 5.41) is 10.3. The SMILES string of the molecule is COC(=O)N1C(=O)[C@H]2[C@H](CC=C3[C@H]2C[C@H]2C(=O)N(C(=O)OC)C(=O)[C@H]2[C@H]3C=Cc2cc(OC)c(O)c(OC)c2)C1=O. The third-order valence-electron chi connectivity index (χ3n) is 8.41. The molecule has 0 unspecified atom stereocenters. The van der Waals surface area contributed by atoms with Crippen molar-refractivity contribution >= 4 is 41.9 Å². The van der Waals surface area contributed by atoms with Crippen LogP contribution in [-0.4, -0.2) is 79.2 Å². The number of imide groups is 6. The van der Waals surface area contributed by atoms with Crippen LogP contribution in [0.4, 0.5) is 9.59 Å². The second-order valence-corrected chi connectivity index (χ2v) is 10.2. The molecule has 6 amide bonds. The number of likely N-dealkylation sites (tertiary alicyclic amines) is 2. The van der Waals surface area contributed by atoms with Crippen molar-refractivity contribution in [3.63, 3.8) is 0 Å². The number of fused-ring (bicyclic) bond motifs is 4. The van der Waals surface area contributed by atoms with Crippen LogP contribution in [0.5, 0.6) is 17.2 Å². The van der Waals surface area contributed by atoms with E-state index in [0.717, 1.165) is 14.2 Å². The van der Waals surface area contributed by atoms with Gasteiger partial charge in [-0.3, -0.25) is 19.2 Å². The normalized spacial score (nSPS) is 28.7. The molecule has 2 aliphatic heterocycles. The molecule has 216 valence electrons. The van der Waals surface area contributed by atoms with Gasteiger partial charge in [-0.15, -0.1) is 0 Å². The van der Waals surface area contributed by atoms with E-state index >= 15 is 0 Å². The van der Waals surface area contributed by atoms with Gasteiger partial charge in [-0.05, 0) is 36.5 Å². The molecule has 0 spiro atoms. The molecular formula is C28H28N2O11. The smallest absolute Gasteiger partial charge is 0.423 e. The first-order valence-electron chi connectivity index (χ1n) is 12.8. The predicted molar refractivity (Wildman–Crippen MR) is 137 cm³/mol. The second kappa shape index (κ2) is 10.4. The van der Waals surface area contributed by atoms with Crippen LogP contribution in [0.2, 0.25) is 0 Å². The van der Waals surface area contributed by atoms with E-state index in [2.05, 4.69) is 9.47 Å². The van der Waals surface area contributed by atoms with Gasteiger partial charge in [0.25, 0.3) is 0 Å². The Hall–Kier alpha value is -4.68. The van der Waals surface area contributed by atoms with Gasteiger partial charge in [0.1, 0.15) is 0 Å². The highest BCUT2D eigenvalue weighted by Gasteiger charge is 2.63. The van der Waals surface area contributed by atoms with Crippen molar-refractivity contribution in [1.29, 1.82) is 0 Å². The van der Waals surface area contributed by atoms with Gasteiger partial charge in [0.2, 0.25) is 29.4 Å². The van der Waals surface area contributed by atoms with Gasteiger partial charge >= 0.3 is 12.2 Å². The molecule has 13 heteroatoms. The van der Waals surface area contributed by atoms with Gasteiger partial charge in [-0.25, -0.2) is 9.59 Å². The summed E-state index contributed by atoms with van der Waals surface area (Å²) in [7, 11) is 4.88. The lowest BCUT2D eigenvalue weighted by Crippen LogP contribution is -2.43. The Morgan fingerprint density at radius 1 is 0.805 bits per heavy atom. The number of amides is 6. The number of phenolic OH excluding ortho intramolecular Hbond substituents is 1. The summed E-state index contributed by atoms with van der Waals surface area (Å²) < 4.78 is 19.8. The van der Waals surface area contributed by atoms with Crippen LogP contribution in [0.25, 0.3) is 6.08 Å². The van der Waals surface area contributed by atoms with Crippen LogP contribution in [-0.2, 0) is 28.7 Å². The minimum absolute atomic E-state index is 0.0228. The highest BCUT2D eigenvalue weighted by Crippen LogP contribution is 2.55. The van der Waals surface area contributed by atoms with Crippen molar-refractivity contribution in [2.24, 2.45) is 35.5 Å². The van der Waals surface area contributed by atoms with E-state index in [1.807, 2.05) is 0 Å². The Balaban J connectivity index is 1.59. The Labute approximate surface area is 234 Å². The van der Waals surface area contributed by atoms with Crippen LogP contribution in [0, 0.1) is 35.5 Å². The molecule has 0 aromatic heterocycles. The van der Waals surface area contributed by atoms with Crippen LogP contribution in [0.15, 0.2) is 29.9 Å². The summed E-state index contributed by atoms with van der Waals surface area (Å²) in [6.07, 6.45) is 3.09. The minimum atomic E-state index is -1.11. The summed E-state index contributed by atoms with van der Waals surface area (Å²) in [6, 6.07) is 3.10. The Morgan fingerprint density at radius 2 is 1.34 bits per heavy atom. The third-order valence-corrected chi connectivity index (χ3v) is 8.41. The lowest BCUT2D eigenvalue weighted by Gasteiger charge is -2.42. The summed E-state index contributed by atoms with van der Waals surface area (Å²) in [6.45, 7) is 0. The van der Waals surface area contributed by atoms with Gasteiger partial charge in [-0.1, -0.05) is 23.8 Å². The lowest BCUT2D eigenvalue weighted by atomic mass is 9.58. The van der Waals surface area contributed by atoms with Gasteiger partial charge < -0.3 is 24.1 Å². The van der Waals surface area contributed by atoms with Gasteiger partial charge in [0.05, 0.1) is 52.1 Å². The number of carbonyl (C=O) groups is 6. The fourth-order valence-electron chi connectivity index (χ4n) is 6.62. The third kappa shape index (κ3) is 4.14. The number of methoxy groups -OCH3 is 4. The first kappa shape index (κ1) is 27.9. The van der Waals surface area contributed by atoms with E-state index in [-0.39, 0.29) is 30.1 Å². The number of ether oxygens (including phenoxy) is 4. The molecule has 4 aliphatic rings. The first-order valence-corrected chi connectivity index (χ1v) is 12.8. The van der Waals surface area contributed by atoms with Gasteiger partial charge in [-0.2, -0.15) is 9.80 Å². The zero-order valence-electron chi connectivity index (χ0n) is 22.7. The fourth-order valence-corrected chi connectivity index (χ4v) is 6.62. The quantitative estimate of drug-likeness (QED) is 0.418.